The normalized spacial score (nSPS) is 10.8. The number of rotatable bonds is 6. The summed E-state index contributed by atoms with van der Waals surface area (Å²) in [4.78, 5) is 13.2. The number of hydrogen-bond donors (Lipinski definition) is 1. The molecule has 5 heteroatoms. The van der Waals surface area contributed by atoms with Gasteiger partial charge < -0.3 is 5.32 Å². The monoisotopic (exact) mass is 401 g/mol. The van der Waals surface area contributed by atoms with Crippen LogP contribution in [0.5, 0.6) is 0 Å². The number of anilines is 1. The number of aromatic nitrogens is 2. The molecule has 4 aromatic rings. The highest BCUT2D eigenvalue weighted by Gasteiger charge is 2.23. The summed E-state index contributed by atoms with van der Waals surface area (Å²) in [5.41, 5.74) is 2.85. The molecule has 0 saturated heterocycles. The van der Waals surface area contributed by atoms with Gasteiger partial charge in [-0.1, -0.05) is 90.5 Å². The fourth-order valence-corrected chi connectivity index (χ4v) is 3.50. The molecule has 4 rings (SSSR count). The van der Waals surface area contributed by atoms with E-state index in [0.29, 0.717) is 17.4 Å². The van der Waals surface area contributed by atoms with Gasteiger partial charge in [-0.25, -0.2) is 0 Å². The zero-order chi connectivity index (χ0) is 20.1. The van der Waals surface area contributed by atoms with Crippen molar-refractivity contribution in [1.29, 1.82) is 0 Å². The van der Waals surface area contributed by atoms with Crippen molar-refractivity contribution in [3.63, 3.8) is 0 Å². The van der Waals surface area contributed by atoms with Crippen LogP contribution in [0.2, 0.25) is 5.02 Å². The molecule has 4 nitrogen and oxygen atoms in total. The fraction of sp³-hybridized carbons (Fsp3) is 0.0833. The maximum atomic E-state index is 13.2. The standard InChI is InChI=1S/C24H20ClN3O/c25-21-14-8-7-13-20(21)17-28-16-15-22(27-28)26-24(29)23(18-9-3-1-4-10-18)19-11-5-2-6-12-19/h1-16,23H,17H2,(H,26,27,29). The van der Waals surface area contributed by atoms with E-state index in [0.717, 1.165) is 16.7 Å². The second-order valence-corrected chi connectivity index (χ2v) is 7.14. The van der Waals surface area contributed by atoms with Crippen LogP contribution in [0.4, 0.5) is 5.82 Å². The molecule has 1 heterocycles. The predicted molar refractivity (Wildman–Crippen MR) is 116 cm³/mol. The van der Waals surface area contributed by atoms with Crippen molar-refractivity contribution in [1.82, 2.24) is 9.78 Å². The van der Waals surface area contributed by atoms with Crippen molar-refractivity contribution < 1.29 is 4.79 Å². The average molecular weight is 402 g/mol. The lowest BCUT2D eigenvalue weighted by Crippen LogP contribution is -2.22. The second kappa shape index (κ2) is 8.76. The van der Waals surface area contributed by atoms with E-state index >= 15 is 0 Å². The van der Waals surface area contributed by atoms with Crippen LogP contribution in [-0.2, 0) is 11.3 Å². The van der Waals surface area contributed by atoms with E-state index in [1.165, 1.54) is 0 Å². The van der Waals surface area contributed by atoms with Gasteiger partial charge in [0.15, 0.2) is 5.82 Å². The van der Waals surface area contributed by atoms with Crippen molar-refractivity contribution in [2.45, 2.75) is 12.5 Å². The first-order valence-corrected chi connectivity index (χ1v) is 9.76. The summed E-state index contributed by atoms with van der Waals surface area (Å²) in [5, 5.41) is 8.13. The maximum absolute atomic E-state index is 13.2. The SMILES string of the molecule is O=C(Nc1ccn(Cc2ccccc2Cl)n1)C(c1ccccc1)c1ccccc1. The number of hydrogen-bond acceptors (Lipinski definition) is 2. The lowest BCUT2D eigenvalue weighted by Gasteiger charge is -2.17. The largest absolute Gasteiger partial charge is 0.308 e. The Morgan fingerprint density at radius 1 is 0.862 bits per heavy atom. The van der Waals surface area contributed by atoms with E-state index in [1.807, 2.05) is 91.1 Å². The van der Waals surface area contributed by atoms with Crippen molar-refractivity contribution in [2.24, 2.45) is 0 Å². The van der Waals surface area contributed by atoms with Gasteiger partial charge in [-0.05, 0) is 22.8 Å². The van der Waals surface area contributed by atoms with Crippen LogP contribution in [0.3, 0.4) is 0 Å². The minimum Gasteiger partial charge on any atom is -0.308 e. The van der Waals surface area contributed by atoms with Crippen LogP contribution >= 0.6 is 11.6 Å². The molecule has 3 aromatic carbocycles. The molecule has 1 aromatic heterocycles. The molecule has 0 spiro atoms. The first-order valence-electron chi connectivity index (χ1n) is 9.38. The molecule has 1 N–H and O–H groups in total. The lowest BCUT2D eigenvalue weighted by molar-refractivity contribution is -0.116. The van der Waals surface area contributed by atoms with Gasteiger partial charge in [0.2, 0.25) is 5.91 Å². The third-order valence-electron chi connectivity index (χ3n) is 4.71. The van der Waals surface area contributed by atoms with E-state index in [1.54, 1.807) is 10.7 Å². The Morgan fingerprint density at radius 3 is 2.07 bits per heavy atom. The fourth-order valence-electron chi connectivity index (χ4n) is 3.30. The number of benzene rings is 3. The highest BCUT2D eigenvalue weighted by Crippen LogP contribution is 2.26. The highest BCUT2D eigenvalue weighted by molar-refractivity contribution is 6.31. The number of nitrogens with zero attached hydrogens (tertiary/aromatic N) is 2. The van der Waals surface area contributed by atoms with Gasteiger partial charge in [-0.2, -0.15) is 5.10 Å². The first-order chi connectivity index (χ1) is 14.2. The lowest BCUT2D eigenvalue weighted by atomic mass is 9.90. The van der Waals surface area contributed by atoms with Gasteiger partial charge >= 0.3 is 0 Å². The van der Waals surface area contributed by atoms with E-state index in [9.17, 15) is 4.79 Å². The van der Waals surface area contributed by atoms with Crippen molar-refractivity contribution >= 4 is 23.3 Å². The Hall–Kier alpha value is -3.37. The smallest absolute Gasteiger partial charge is 0.237 e. The van der Waals surface area contributed by atoms with Crippen LogP contribution in [-0.4, -0.2) is 15.7 Å². The van der Waals surface area contributed by atoms with Gasteiger partial charge in [-0.3, -0.25) is 9.48 Å². The van der Waals surface area contributed by atoms with Crippen molar-refractivity contribution in [3.05, 3.63) is 119 Å². The molecule has 0 aliphatic rings. The highest BCUT2D eigenvalue weighted by atomic mass is 35.5. The molecule has 144 valence electrons. The molecule has 0 bridgehead atoms. The molecule has 0 aliphatic carbocycles. The molecular formula is C24H20ClN3O. The summed E-state index contributed by atoms with van der Waals surface area (Å²) in [6.45, 7) is 0.538. The number of halogens is 1. The summed E-state index contributed by atoms with van der Waals surface area (Å²) >= 11 is 6.23. The number of amides is 1. The molecule has 0 fully saturated rings. The van der Waals surface area contributed by atoms with Gasteiger partial charge in [0.05, 0.1) is 12.5 Å². The summed E-state index contributed by atoms with van der Waals surface area (Å²) in [5.74, 6) is -0.0181. The molecule has 1 amide bonds. The number of carbonyl (C=O) groups is 1. The second-order valence-electron chi connectivity index (χ2n) is 6.73. The minimum atomic E-state index is -0.411. The van der Waals surface area contributed by atoms with Gasteiger partial charge in [0.1, 0.15) is 0 Å². The Kier molecular flexibility index (Phi) is 5.73. The van der Waals surface area contributed by atoms with Crippen LogP contribution in [0.15, 0.2) is 97.2 Å². The summed E-state index contributed by atoms with van der Waals surface area (Å²) in [6, 6.07) is 29.0. The Bertz CT molecular complexity index is 1050. The molecule has 0 saturated carbocycles. The van der Waals surface area contributed by atoms with Crippen LogP contribution in [0.25, 0.3) is 0 Å². The Balaban J connectivity index is 1.54. The van der Waals surface area contributed by atoms with Crippen LogP contribution in [0.1, 0.15) is 22.6 Å². The van der Waals surface area contributed by atoms with E-state index in [-0.39, 0.29) is 5.91 Å². The molecule has 0 radical (unpaired) electrons. The molecule has 0 aliphatic heterocycles. The topological polar surface area (TPSA) is 46.9 Å². The third kappa shape index (κ3) is 4.55. The Morgan fingerprint density at radius 2 is 1.45 bits per heavy atom. The van der Waals surface area contributed by atoms with E-state index in [4.69, 9.17) is 11.6 Å². The molecule has 0 unspecified atom stereocenters. The molecule has 29 heavy (non-hydrogen) atoms. The summed E-state index contributed by atoms with van der Waals surface area (Å²) in [6.07, 6.45) is 1.83. The zero-order valence-electron chi connectivity index (χ0n) is 15.7. The maximum Gasteiger partial charge on any atom is 0.237 e. The summed E-state index contributed by atoms with van der Waals surface area (Å²) < 4.78 is 1.76. The summed E-state index contributed by atoms with van der Waals surface area (Å²) in [7, 11) is 0. The van der Waals surface area contributed by atoms with E-state index in [2.05, 4.69) is 10.4 Å². The van der Waals surface area contributed by atoms with Crippen LogP contribution in [0, 0.1) is 0 Å². The number of nitrogens with one attached hydrogen (secondary N) is 1. The van der Waals surface area contributed by atoms with Crippen molar-refractivity contribution in [3.8, 4) is 0 Å². The average Bonchev–Trinajstić information content (AvgIpc) is 3.18. The third-order valence-corrected chi connectivity index (χ3v) is 5.08. The van der Waals surface area contributed by atoms with Gasteiger partial charge in [0.25, 0.3) is 0 Å². The van der Waals surface area contributed by atoms with Gasteiger partial charge in [-0.15, -0.1) is 0 Å². The molecular weight excluding hydrogens is 382 g/mol. The molecule has 0 atom stereocenters. The predicted octanol–water partition coefficient (Wildman–Crippen LogP) is 5.36. The quantitative estimate of drug-likeness (QED) is 0.473. The zero-order valence-corrected chi connectivity index (χ0v) is 16.5. The van der Waals surface area contributed by atoms with Crippen molar-refractivity contribution in [2.75, 3.05) is 5.32 Å². The number of carbonyl (C=O) groups excluding carboxylic acids is 1. The van der Waals surface area contributed by atoms with Crippen LogP contribution < -0.4 is 5.32 Å². The Labute approximate surface area is 174 Å². The van der Waals surface area contributed by atoms with Gasteiger partial charge in [0, 0.05) is 17.3 Å². The van der Waals surface area contributed by atoms with E-state index < -0.39 is 5.92 Å². The first kappa shape index (κ1) is 19.0. The minimum absolute atomic E-state index is 0.120.